The smallest absolute Gasteiger partial charge is 0.255 e. The lowest BCUT2D eigenvalue weighted by atomic mass is 10.00. The molecule has 4 nitrogen and oxygen atoms in total. The molecule has 0 spiro atoms. The summed E-state index contributed by atoms with van der Waals surface area (Å²) < 4.78 is 0. The highest BCUT2D eigenvalue weighted by Gasteiger charge is 2.23. The fourth-order valence-electron chi connectivity index (χ4n) is 2.10. The standard InChI is InChI=1S/C12H15BrN2O2/c13-6-9-2-1-5-15(8-9)12(17)10-3-4-11(16)14-7-10/h3-4,7,9H,1-2,5-6,8H2,(H,14,16). The van der Waals surface area contributed by atoms with E-state index in [1.165, 1.54) is 18.7 Å². The van der Waals surface area contributed by atoms with E-state index in [4.69, 9.17) is 0 Å². The van der Waals surface area contributed by atoms with Crippen LogP contribution in [0.1, 0.15) is 23.2 Å². The Morgan fingerprint density at radius 3 is 3.00 bits per heavy atom. The predicted octanol–water partition coefficient (Wildman–Crippen LogP) is 1.62. The van der Waals surface area contributed by atoms with Crippen LogP contribution in [-0.4, -0.2) is 34.2 Å². The molecule has 1 amide bonds. The summed E-state index contributed by atoms with van der Waals surface area (Å²) >= 11 is 3.47. The minimum Gasteiger partial charge on any atom is -0.338 e. The first-order valence-electron chi connectivity index (χ1n) is 5.74. The van der Waals surface area contributed by atoms with Crippen molar-refractivity contribution in [3.8, 4) is 0 Å². The number of aromatic nitrogens is 1. The molecule has 1 atom stereocenters. The van der Waals surface area contributed by atoms with Crippen molar-refractivity contribution in [1.82, 2.24) is 9.88 Å². The molecule has 17 heavy (non-hydrogen) atoms. The summed E-state index contributed by atoms with van der Waals surface area (Å²) in [5.74, 6) is 0.544. The van der Waals surface area contributed by atoms with E-state index in [0.29, 0.717) is 11.5 Å². The van der Waals surface area contributed by atoms with Gasteiger partial charge >= 0.3 is 0 Å². The average molecular weight is 299 g/mol. The number of hydrogen-bond donors (Lipinski definition) is 1. The van der Waals surface area contributed by atoms with Gasteiger partial charge < -0.3 is 9.88 Å². The number of rotatable bonds is 2. The summed E-state index contributed by atoms with van der Waals surface area (Å²) in [7, 11) is 0. The third kappa shape index (κ3) is 2.97. The van der Waals surface area contributed by atoms with Crippen LogP contribution >= 0.6 is 15.9 Å². The van der Waals surface area contributed by atoms with Gasteiger partial charge in [0.15, 0.2) is 0 Å². The first kappa shape index (κ1) is 12.4. The average Bonchev–Trinajstić information content (AvgIpc) is 2.39. The first-order chi connectivity index (χ1) is 8.20. The van der Waals surface area contributed by atoms with Crippen LogP contribution in [0, 0.1) is 5.92 Å². The third-order valence-electron chi connectivity index (χ3n) is 3.06. The lowest BCUT2D eigenvalue weighted by Gasteiger charge is -2.31. The second kappa shape index (κ2) is 5.49. The van der Waals surface area contributed by atoms with E-state index < -0.39 is 0 Å². The van der Waals surface area contributed by atoms with Crippen LogP contribution in [0.2, 0.25) is 0 Å². The molecule has 0 radical (unpaired) electrons. The molecule has 0 aliphatic carbocycles. The molecule has 1 N–H and O–H groups in total. The quantitative estimate of drug-likeness (QED) is 0.844. The van der Waals surface area contributed by atoms with Crippen LogP contribution in [0.3, 0.4) is 0 Å². The molecule has 5 heteroatoms. The Bertz CT molecular complexity index is 438. The molecule has 1 aliphatic rings. The van der Waals surface area contributed by atoms with Gasteiger partial charge in [-0.1, -0.05) is 15.9 Å². The number of H-pyrrole nitrogens is 1. The Morgan fingerprint density at radius 2 is 2.35 bits per heavy atom. The number of amides is 1. The highest BCUT2D eigenvalue weighted by Crippen LogP contribution is 2.19. The van der Waals surface area contributed by atoms with Crippen LogP contribution in [0.25, 0.3) is 0 Å². The maximum atomic E-state index is 12.2. The second-order valence-corrected chi connectivity index (χ2v) is 5.00. The fraction of sp³-hybridized carbons (Fsp3) is 0.500. The number of aromatic amines is 1. The lowest BCUT2D eigenvalue weighted by Crippen LogP contribution is -2.40. The highest BCUT2D eigenvalue weighted by atomic mass is 79.9. The largest absolute Gasteiger partial charge is 0.338 e. The Morgan fingerprint density at radius 1 is 1.53 bits per heavy atom. The predicted molar refractivity (Wildman–Crippen MR) is 69.5 cm³/mol. The van der Waals surface area contributed by atoms with Gasteiger partial charge in [0.25, 0.3) is 5.91 Å². The molecule has 1 aromatic heterocycles. The number of nitrogens with one attached hydrogen (secondary N) is 1. The van der Waals surface area contributed by atoms with E-state index in [9.17, 15) is 9.59 Å². The lowest BCUT2D eigenvalue weighted by molar-refractivity contribution is 0.0685. The van der Waals surface area contributed by atoms with E-state index in [2.05, 4.69) is 20.9 Å². The van der Waals surface area contributed by atoms with Crippen molar-refractivity contribution in [2.45, 2.75) is 12.8 Å². The molecule has 1 saturated heterocycles. The molecule has 1 unspecified atom stereocenters. The zero-order valence-electron chi connectivity index (χ0n) is 9.49. The summed E-state index contributed by atoms with van der Waals surface area (Å²) in [6, 6.07) is 2.97. The number of nitrogens with zero attached hydrogens (tertiary/aromatic N) is 1. The molecule has 0 bridgehead atoms. The Kier molecular flexibility index (Phi) is 3.99. The molecule has 2 heterocycles. The minimum absolute atomic E-state index is 0.00639. The number of alkyl halides is 1. The summed E-state index contributed by atoms with van der Waals surface area (Å²) in [5, 5.41) is 0.933. The van der Waals surface area contributed by atoms with Crippen LogP contribution in [-0.2, 0) is 0 Å². The van der Waals surface area contributed by atoms with Gasteiger partial charge in [0.2, 0.25) is 5.56 Å². The summed E-state index contributed by atoms with van der Waals surface area (Å²) in [4.78, 5) is 27.5. The van der Waals surface area contributed by atoms with Gasteiger partial charge in [-0.05, 0) is 24.8 Å². The van der Waals surface area contributed by atoms with Crippen LogP contribution in [0.4, 0.5) is 0 Å². The van der Waals surface area contributed by atoms with Crippen molar-refractivity contribution < 1.29 is 4.79 Å². The van der Waals surface area contributed by atoms with Gasteiger partial charge in [-0.2, -0.15) is 0 Å². The van der Waals surface area contributed by atoms with Gasteiger partial charge in [0.1, 0.15) is 0 Å². The Balaban J connectivity index is 2.09. The topological polar surface area (TPSA) is 53.2 Å². The molecular formula is C12H15BrN2O2. The van der Waals surface area contributed by atoms with Gasteiger partial charge in [-0.3, -0.25) is 9.59 Å². The highest BCUT2D eigenvalue weighted by molar-refractivity contribution is 9.09. The molecule has 0 aromatic carbocycles. The SMILES string of the molecule is O=C(c1ccc(=O)[nH]c1)N1CCCC(CBr)C1. The number of carbonyl (C=O) groups excluding carboxylic acids is 1. The maximum absolute atomic E-state index is 12.2. The summed E-state index contributed by atoms with van der Waals surface area (Å²) in [6.45, 7) is 1.60. The number of carbonyl (C=O) groups is 1. The van der Waals surface area contributed by atoms with Gasteiger partial charge in [-0.15, -0.1) is 0 Å². The van der Waals surface area contributed by atoms with Crippen LogP contribution < -0.4 is 5.56 Å². The zero-order valence-corrected chi connectivity index (χ0v) is 11.1. The monoisotopic (exact) mass is 298 g/mol. The van der Waals surface area contributed by atoms with Gasteiger partial charge in [0, 0.05) is 30.7 Å². The molecule has 2 rings (SSSR count). The molecule has 0 saturated carbocycles. The Hall–Kier alpha value is -1.10. The van der Waals surface area contributed by atoms with Gasteiger partial charge in [-0.25, -0.2) is 0 Å². The molecule has 1 aliphatic heterocycles. The molecule has 1 aromatic rings. The van der Waals surface area contributed by atoms with Crippen molar-refractivity contribution in [2.24, 2.45) is 5.92 Å². The number of halogens is 1. The Labute approximate surface area is 108 Å². The zero-order chi connectivity index (χ0) is 12.3. The first-order valence-corrected chi connectivity index (χ1v) is 6.87. The van der Waals surface area contributed by atoms with Crippen LogP contribution in [0.15, 0.2) is 23.1 Å². The van der Waals surface area contributed by atoms with E-state index in [1.54, 1.807) is 6.07 Å². The van der Waals surface area contributed by atoms with E-state index >= 15 is 0 Å². The van der Waals surface area contributed by atoms with E-state index in [0.717, 1.165) is 24.8 Å². The van der Waals surface area contributed by atoms with Crippen LogP contribution in [0.5, 0.6) is 0 Å². The van der Waals surface area contributed by atoms with Crippen molar-refractivity contribution in [1.29, 1.82) is 0 Å². The number of pyridine rings is 1. The molecule has 92 valence electrons. The molecule has 1 fully saturated rings. The maximum Gasteiger partial charge on any atom is 0.255 e. The van der Waals surface area contributed by atoms with E-state index in [-0.39, 0.29) is 11.5 Å². The third-order valence-corrected chi connectivity index (χ3v) is 3.97. The van der Waals surface area contributed by atoms with Crippen molar-refractivity contribution in [3.63, 3.8) is 0 Å². The second-order valence-electron chi connectivity index (χ2n) is 4.36. The van der Waals surface area contributed by atoms with Crippen molar-refractivity contribution in [3.05, 3.63) is 34.2 Å². The van der Waals surface area contributed by atoms with E-state index in [1.807, 2.05) is 4.90 Å². The fourth-order valence-corrected chi connectivity index (χ4v) is 2.63. The number of piperidine rings is 1. The minimum atomic E-state index is -0.182. The summed E-state index contributed by atoms with van der Waals surface area (Å²) in [5.41, 5.74) is 0.373. The summed E-state index contributed by atoms with van der Waals surface area (Å²) in [6.07, 6.45) is 3.70. The van der Waals surface area contributed by atoms with Crippen molar-refractivity contribution in [2.75, 3.05) is 18.4 Å². The normalized spacial score (nSPS) is 20.3. The van der Waals surface area contributed by atoms with Gasteiger partial charge in [0.05, 0.1) is 5.56 Å². The molecular weight excluding hydrogens is 284 g/mol. The number of hydrogen-bond acceptors (Lipinski definition) is 2. The van der Waals surface area contributed by atoms with Crippen molar-refractivity contribution >= 4 is 21.8 Å². The number of likely N-dealkylation sites (tertiary alicyclic amines) is 1.